The molecule has 0 aliphatic heterocycles. The van der Waals surface area contributed by atoms with E-state index >= 15 is 0 Å². The molecule has 1 rings (SSSR count). The van der Waals surface area contributed by atoms with Crippen LogP contribution in [0.25, 0.3) is 0 Å². The molecule has 1 N–H and O–H groups in total. The van der Waals surface area contributed by atoms with E-state index in [1.807, 2.05) is 6.07 Å². The Balaban J connectivity index is 3.12. The average molecular weight is 344 g/mol. The van der Waals surface area contributed by atoms with Crippen LogP contribution in [0.15, 0.2) is 22.7 Å². The quantitative estimate of drug-likeness (QED) is 0.910. The Kier molecular flexibility index (Phi) is 5.16. The summed E-state index contributed by atoms with van der Waals surface area (Å²) >= 11 is 3.33. The topological polar surface area (TPSA) is 66.8 Å². The van der Waals surface area contributed by atoms with Crippen molar-refractivity contribution in [1.29, 1.82) is 0 Å². The molecule has 0 unspecified atom stereocenters. The lowest BCUT2D eigenvalue weighted by molar-refractivity contribution is -0.135. The molecule has 0 bridgehead atoms. The molecule has 0 aliphatic rings. The van der Waals surface area contributed by atoms with E-state index in [-0.39, 0.29) is 0 Å². The number of benzene rings is 1. The van der Waals surface area contributed by atoms with Gasteiger partial charge in [-0.3, -0.25) is 9.69 Å². The number of carboxylic acid groups (broad SMARTS) is 1. The number of aliphatic carboxylic acids is 1. The van der Waals surface area contributed by atoms with Crippen molar-refractivity contribution >= 4 is 33.7 Å². The van der Waals surface area contributed by atoms with Crippen molar-refractivity contribution in [3.63, 3.8) is 0 Å². The van der Waals surface area contributed by atoms with E-state index in [0.717, 1.165) is 14.9 Å². The van der Waals surface area contributed by atoms with E-state index in [1.54, 1.807) is 39.8 Å². The molecule has 1 aromatic rings. The van der Waals surface area contributed by atoms with Gasteiger partial charge in [0.1, 0.15) is 12.1 Å². The van der Waals surface area contributed by atoms with Gasteiger partial charge >= 0.3 is 12.1 Å². The van der Waals surface area contributed by atoms with Crippen LogP contribution in [0.1, 0.15) is 26.3 Å². The van der Waals surface area contributed by atoms with Crippen LogP contribution in [0.5, 0.6) is 0 Å². The van der Waals surface area contributed by atoms with Crippen molar-refractivity contribution < 1.29 is 19.4 Å². The molecule has 1 amide bonds. The van der Waals surface area contributed by atoms with Crippen LogP contribution in [0.3, 0.4) is 0 Å². The molecule has 0 fully saturated rings. The number of anilines is 1. The van der Waals surface area contributed by atoms with E-state index in [4.69, 9.17) is 9.84 Å². The molecular weight excluding hydrogens is 326 g/mol. The first-order chi connectivity index (χ1) is 9.10. The Morgan fingerprint density at radius 3 is 2.40 bits per heavy atom. The van der Waals surface area contributed by atoms with Crippen LogP contribution in [-0.2, 0) is 9.53 Å². The van der Waals surface area contributed by atoms with Gasteiger partial charge in [-0.05, 0) is 51.5 Å². The van der Waals surface area contributed by atoms with Gasteiger partial charge in [-0.1, -0.05) is 15.9 Å². The number of halogens is 1. The summed E-state index contributed by atoms with van der Waals surface area (Å²) in [7, 11) is 0. The molecule has 110 valence electrons. The second kappa shape index (κ2) is 6.26. The average Bonchev–Trinajstić information content (AvgIpc) is 2.23. The van der Waals surface area contributed by atoms with Gasteiger partial charge in [0.2, 0.25) is 0 Å². The zero-order chi connectivity index (χ0) is 15.5. The smallest absolute Gasteiger partial charge is 0.415 e. The van der Waals surface area contributed by atoms with Gasteiger partial charge < -0.3 is 9.84 Å². The maximum Gasteiger partial charge on any atom is 0.415 e. The van der Waals surface area contributed by atoms with Crippen LogP contribution < -0.4 is 4.90 Å². The summed E-state index contributed by atoms with van der Waals surface area (Å²) in [5, 5.41) is 8.98. The van der Waals surface area contributed by atoms with Crippen molar-refractivity contribution in [2.75, 3.05) is 11.4 Å². The molecule has 0 atom stereocenters. The molecule has 0 aromatic heterocycles. The van der Waals surface area contributed by atoms with E-state index in [2.05, 4.69) is 15.9 Å². The fraction of sp³-hybridized carbons (Fsp3) is 0.429. The Morgan fingerprint density at radius 2 is 1.95 bits per heavy atom. The number of carbonyl (C=O) groups excluding carboxylic acids is 1. The zero-order valence-electron chi connectivity index (χ0n) is 11.9. The Bertz CT molecular complexity index is 522. The number of carbonyl (C=O) groups is 2. The summed E-state index contributed by atoms with van der Waals surface area (Å²) in [5.74, 6) is -1.10. The number of hydrogen-bond acceptors (Lipinski definition) is 3. The molecule has 20 heavy (non-hydrogen) atoms. The first kappa shape index (κ1) is 16.5. The van der Waals surface area contributed by atoms with Gasteiger partial charge in [0, 0.05) is 4.47 Å². The maximum atomic E-state index is 12.2. The molecule has 0 spiro atoms. The zero-order valence-corrected chi connectivity index (χ0v) is 13.5. The number of rotatable bonds is 3. The highest BCUT2D eigenvalue weighted by Gasteiger charge is 2.26. The van der Waals surface area contributed by atoms with Gasteiger partial charge in [-0.2, -0.15) is 0 Å². The standard InChI is InChI=1S/C14H18BrNO4/c1-9-7-10(15)5-6-11(9)16(8-12(17)18)13(19)20-14(2,3)4/h5-7H,8H2,1-4H3,(H,17,18). The first-order valence-electron chi connectivity index (χ1n) is 6.08. The normalized spacial score (nSPS) is 11.1. The molecule has 0 radical (unpaired) electrons. The number of nitrogens with zero attached hydrogens (tertiary/aromatic N) is 1. The van der Waals surface area contributed by atoms with Crippen LogP contribution >= 0.6 is 15.9 Å². The third-order valence-corrected chi connectivity index (χ3v) is 2.85. The van der Waals surface area contributed by atoms with Crippen LogP contribution in [0.2, 0.25) is 0 Å². The summed E-state index contributed by atoms with van der Waals surface area (Å²) < 4.78 is 6.11. The number of aryl methyl sites for hydroxylation is 1. The predicted octanol–water partition coefficient (Wildman–Crippen LogP) is 3.58. The predicted molar refractivity (Wildman–Crippen MR) is 80.1 cm³/mol. The van der Waals surface area contributed by atoms with Gasteiger partial charge in [0.05, 0.1) is 5.69 Å². The summed E-state index contributed by atoms with van der Waals surface area (Å²) in [6.07, 6.45) is -0.676. The number of amides is 1. The number of carboxylic acids is 1. The molecule has 5 nitrogen and oxygen atoms in total. The Hall–Kier alpha value is -1.56. The van der Waals surface area contributed by atoms with Crippen molar-refractivity contribution in [2.24, 2.45) is 0 Å². The first-order valence-corrected chi connectivity index (χ1v) is 6.88. The van der Waals surface area contributed by atoms with Gasteiger partial charge in [0.15, 0.2) is 0 Å². The fourth-order valence-electron chi connectivity index (χ4n) is 1.62. The molecule has 0 aliphatic carbocycles. The lowest BCUT2D eigenvalue weighted by atomic mass is 10.2. The second-order valence-electron chi connectivity index (χ2n) is 5.39. The van der Waals surface area contributed by atoms with Gasteiger partial charge in [0.25, 0.3) is 0 Å². The van der Waals surface area contributed by atoms with E-state index in [9.17, 15) is 9.59 Å². The number of hydrogen-bond donors (Lipinski definition) is 1. The van der Waals surface area contributed by atoms with E-state index in [1.165, 1.54) is 0 Å². The fourth-order valence-corrected chi connectivity index (χ4v) is 2.10. The minimum atomic E-state index is -1.10. The molecule has 0 heterocycles. The third kappa shape index (κ3) is 4.85. The second-order valence-corrected chi connectivity index (χ2v) is 6.31. The van der Waals surface area contributed by atoms with Crippen molar-refractivity contribution in [2.45, 2.75) is 33.3 Å². The van der Waals surface area contributed by atoms with E-state index in [0.29, 0.717) is 5.69 Å². The molecule has 0 saturated carbocycles. The van der Waals surface area contributed by atoms with Crippen molar-refractivity contribution in [1.82, 2.24) is 0 Å². The highest BCUT2D eigenvalue weighted by Crippen LogP contribution is 2.25. The monoisotopic (exact) mass is 343 g/mol. The van der Waals surface area contributed by atoms with E-state index < -0.39 is 24.2 Å². The van der Waals surface area contributed by atoms with Crippen molar-refractivity contribution in [3.05, 3.63) is 28.2 Å². The van der Waals surface area contributed by atoms with Crippen molar-refractivity contribution in [3.8, 4) is 0 Å². The Labute approximate surface area is 126 Å². The summed E-state index contributed by atoms with van der Waals surface area (Å²) in [5.41, 5.74) is 0.619. The minimum Gasteiger partial charge on any atom is -0.480 e. The maximum absolute atomic E-state index is 12.2. The van der Waals surface area contributed by atoms with Crippen LogP contribution in [-0.4, -0.2) is 29.3 Å². The largest absolute Gasteiger partial charge is 0.480 e. The minimum absolute atomic E-state index is 0.447. The number of ether oxygens (including phenoxy) is 1. The van der Waals surface area contributed by atoms with Crippen LogP contribution in [0, 0.1) is 6.92 Å². The SMILES string of the molecule is Cc1cc(Br)ccc1N(CC(=O)O)C(=O)OC(C)(C)C. The summed E-state index contributed by atoms with van der Waals surface area (Å²) in [6.45, 7) is 6.56. The third-order valence-electron chi connectivity index (χ3n) is 2.36. The molecule has 6 heteroatoms. The molecule has 1 aromatic carbocycles. The summed E-state index contributed by atoms with van der Waals surface area (Å²) in [6, 6.07) is 5.25. The molecular formula is C14H18BrNO4. The lowest BCUT2D eigenvalue weighted by Gasteiger charge is -2.27. The molecule has 0 saturated heterocycles. The van der Waals surface area contributed by atoms with Crippen LogP contribution in [0.4, 0.5) is 10.5 Å². The summed E-state index contributed by atoms with van der Waals surface area (Å²) in [4.78, 5) is 24.3. The van der Waals surface area contributed by atoms with Gasteiger partial charge in [-0.25, -0.2) is 4.79 Å². The highest BCUT2D eigenvalue weighted by atomic mass is 79.9. The Morgan fingerprint density at radius 1 is 1.35 bits per heavy atom. The lowest BCUT2D eigenvalue weighted by Crippen LogP contribution is -2.40. The van der Waals surface area contributed by atoms with Gasteiger partial charge in [-0.15, -0.1) is 0 Å². The highest BCUT2D eigenvalue weighted by molar-refractivity contribution is 9.10.